The number of hydrogen-bond donors (Lipinski definition) is 0. The van der Waals surface area contributed by atoms with Crippen molar-refractivity contribution in [2.75, 3.05) is 0 Å². The molecule has 0 saturated carbocycles. The summed E-state index contributed by atoms with van der Waals surface area (Å²) in [6.07, 6.45) is 2.70. The number of aromatic nitrogens is 2. The molecule has 0 aliphatic carbocycles. The molecule has 72 valence electrons. The molecule has 3 nitrogen and oxygen atoms in total. The molecular weight excluding hydrogens is 244 g/mol. The van der Waals surface area contributed by atoms with Crippen molar-refractivity contribution in [1.29, 1.82) is 0 Å². The summed E-state index contributed by atoms with van der Waals surface area (Å²) in [5, 5.41) is 0. The summed E-state index contributed by atoms with van der Waals surface area (Å²) in [7, 11) is 0. The Bertz CT molecular complexity index is 516. The zero-order valence-corrected chi connectivity index (χ0v) is 9.50. The fraction of sp³-hybridized carbons (Fsp3) is 0.200. The van der Waals surface area contributed by atoms with Crippen molar-refractivity contribution < 1.29 is 4.79 Å². The molecule has 2 aromatic heterocycles. The van der Waals surface area contributed by atoms with Crippen LogP contribution >= 0.6 is 15.9 Å². The number of fused-ring (bicyclic) bond motifs is 1. The van der Waals surface area contributed by atoms with Gasteiger partial charge in [0, 0.05) is 10.7 Å². The first-order chi connectivity index (χ1) is 6.63. The van der Waals surface area contributed by atoms with E-state index in [0.717, 1.165) is 27.7 Å². The highest BCUT2D eigenvalue weighted by atomic mass is 79.9. The number of rotatable bonds is 1. The van der Waals surface area contributed by atoms with Gasteiger partial charge in [-0.1, -0.05) is 0 Å². The number of aryl methyl sites for hydroxylation is 2. The van der Waals surface area contributed by atoms with E-state index in [-0.39, 0.29) is 0 Å². The van der Waals surface area contributed by atoms with Gasteiger partial charge in [-0.3, -0.25) is 9.20 Å². The van der Waals surface area contributed by atoms with Gasteiger partial charge < -0.3 is 0 Å². The van der Waals surface area contributed by atoms with Crippen molar-refractivity contribution in [3.63, 3.8) is 0 Å². The lowest BCUT2D eigenvalue weighted by Crippen LogP contribution is -1.93. The SMILES string of the molecule is Cc1cc2nc(C)c(C=O)n2cc1Br. The molecule has 0 unspecified atom stereocenters. The smallest absolute Gasteiger partial charge is 0.168 e. The van der Waals surface area contributed by atoms with E-state index in [1.54, 1.807) is 4.40 Å². The number of imidazole rings is 1. The summed E-state index contributed by atoms with van der Waals surface area (Å²) in [6.45, 7) is 3.83. The van der Waals surface area contributed by atoms with Crippen LogP contribution in [0.3, 0.4) is 0 Å². The van der Waals surface area contributed by atoms with Crippen molar-refractivity contribution in [2.24, 2.45) is 0 Å². The Hall–Kier alpha value is -1.16. The lowest BCUT2D eigenvalue weighted by Gasteiger charge is -2.00. The van der Waals surface area contributed by atoms with Gasteiger partial charge >= 0.3 is 0 Å². The largest absolute Gasteiger partial charge is 0.296 e. The van der Waals surface area contributed by atoms with Crippen LogP contribution in [-0.4, -0.2) is 15.7 Å². The van der Waals surface area contributed by atoms with E-state index in [1.165, 1.54) is 0 Å². The number of carbonyl (C=O) groups is 1. The van der Waals surface area contributed by atoms with Gasteiger partial charge in [-0.25, -0.2) is 4.98 Å². The van der Waals surface area contributed by atoms with Gasteiger partial charge in [0.15, 0.2) is 6.29 Å². The van der Waals surface area contributed by atoms with E-state index in [2.05, 4.69) is 20.9 Å². The van der Waals surface area contributed by atoms with E-state index < -0.39 is 0 Å². The average molecular weight is 253 g/mol. The molecule has 0 radical (unpaired) electrons. The van der Waals surface area contributed by atoms with Crippen LogP contribution in [0.2, 0.25) is 0 Å². The predicted molar refractivity (Wildman–Crippen MR) is 57.8 cm³/mol. The zero-order chi connectivity index (χ0) is 10.3. The van der Waals surface area contributed by atoms with E-state index in [4.69, 9.17) is 0 Å². The molecule has 14 heavy (non-hydrogen) atoms. The van der Waals surface area contributed by atoms with Crippen LogP contribution < -0.4 is 0 Å². The quantitative estimate of drug-likeness (QED) is 0.732. The third-order valence-corrected chi connectivity index (χ3v) is 3.07. The highest BCUT2D eigenvalue weighted by Crippen LogP contribution is 2.19. The minimum Gasteiger partial charge on any atom is -0.296 e. The molecule has 0 N–H and O–H groups in total. The van der Waals surface area contributed by atoms with Gasteiger partial charge in [0.2, 0.25) is 0 Å². The Morgan fingerprint density at radius 3 is 2.86 bits per heavy atom. The molecule has 0 saturated heterocycles. The Morgan fingerprint density at radius 2 is 2.21 bits per heavy atom. The predicted octanol–water partition coefficient (Wildman–Crippen LogP) is 2.53. The first kappa shape index (κ1) is 9.40. The van der Waals surface area contributed by atoms with Crippen LogP contribution in [0, 0.1) is 13.8 Å². The van der Waals surface area contributed by atoms with Crippen LogP contribution in [0.15, 0.2) is 16.7 Å². The summed E-state index contributed by atoms with van der Waals surface area (Å²) in [5.74, 6) is 0. The molecule has 2 heterocycles. The third-order valence-electron chi connectivity index (χ3n) is 2.24. The number of halogens is 1. The van der Waals surface area contributed by atoms with E-state index in [1.807, 2.05) is 26.1 Å². The van der Waals surface area contributed by atoms with Gasteiger partial charge in [0.05, 0.1) is 5.69 Å². The summed E-state index contributed by atoms with van der Waals surface area (Å²) in [6, 6.07) is 1.95. The maximum absolute atomic E-state index is 10.8. The maximum Gasteiger partial charge on any atom is 0.168 e. The Labute approximate surface area is 89.9 Å². The molecule has 0 bridgehead atoms. The molecule has 0 spiro atoms. The third kappa shape index (κ3) is 1.26. The van der Waals surface area contributed by atoms with Crippen molar-refractivity contribution >= 4 is 27.9 Å². The number of carbonyl (C=O) groups excluding carboxylic acids is 1. The highest BCUT2D eigenvalue weighted by molar-refractivity contribution is 9.10. The summed E-state index contributed by atoms with van der Waals surface area (Å²) in [4.78, 5) is 15.1. The van der Waals surface area contributed by atoms with Crippen LogP contribution in [-0.2, 0) is 0 Å². The van der Waals surface area contributed by atoms with E-state index in [9.17, 15) is 4.79 Å². The molecule has 4 heteroatoms. The van der Waals surface area contributed by atoms with Crippen molar-refractivity contribution in [1.82, 2.24) is 9.38 Å². The number of hydrogen-bond acceptors (Lipinski definition) is 2. The first-order valence-electron chi connectivity index (χ1n) is 4.23. The van der Waals surface area contributed by atoms with Crippen LogP contribution in [0.25, 0.3) is 5.65 Å². The molecular formula is C10H9BrN2O. The maximum atomic E-state index is 10.8. The Balaban J connectivity index is 2.89. The minimum absolute atomic E-state index is 0.612. The minimum atomic E-state index is 0.612. The van der Waals surface area contributed by atoms with Crippen molar-refractivity contribution in [2.45, 2.75) is 13.8 Å². The van der Waals surface area contributed by atoms with Gasteiger partial charge in [0.25, 0.3) is 0 Å². The summed E-state index contributed by atoms with van der Waals surface area (Å²) >= 11 is 3.42. The lowest BCUT2D eigenvalue weighted by molar-refractivity contribution is 0.111. The molecule has 0 aliphatic rings. The van der Waals surface area contributed by atoms with Crippen molar-refractivity contribution in [3.05, 3.63) is 33.7 Å². The fourth-order valence-corrected chi connectivity index (χ4v) is 1.76. The summed E-state index contributed by atoms with van der Waals surface area (Å²) in [5.41, 5.74) is 3.29. The van der Waals surface area contributed by atoms with Crippen LogP contribution in [0.5, 0.6) is 0 Å². The van der Waals surface area contributed by atoms with Crippen LogP contribution in [0.1, 0.15) is 21.7 Å². The fourth-order valence-electron chi connectivity index (χ4n) is 1.44. The number of pyridine rings is 1. The van der Waals surface area contributed by atoms with Gasteiger partial charge in [-0.2, -0.15) is 0 Å². The average Bonchev–Trinajstić information content (AvgIpc) is 2.42. The highest BCUT2D eigenvalue weighted by Gasteiger charge is 2.08. The molecule has 0 amide bonds. The topological polar surface area (TPSA) is 34.4 Å². The lowest BCUT2D eigenvalue weighted by atomic mass is 10.3. The molecule has 0 aromatic carbocycles. The van der Waals surface area contributed by atoms with Gasteiger partial charge in [-0.15, -0.1) is 0 Å². The number of nitrogens with zero attached hydrogens (tertiary/aromatic N) is 2. The van der Waals surface area contributed by atoms with E-state index >= 15 is 0 Å². The second-order valence-electron chi connectivity index (χ2n) is 3.23. The van der Waals surface area contributed by atoms with E-state index in [0.29, 0.717) is 5.69 Å². The molecule has 2 rings (SSSR count). The monoisotopic (exact) mass is 252 g/mol. The van der Waals surface area contributed by atoms with Gasteiger partial charge in [0.1, 0.15) is 11.3 Å². The van der Waals surface area contributed by atoms with Crippen molar-refractivity contribution in [3.8, 4) is 0 Å². The Morgan fingerprint density at radius 1 is 1.50 bits per heavy atom. The van der Waals surface area contributed by atoms with Gasteiger partial charge in [-0.05, 0) is 41.4 Å². The molecule has 2 aromatic rings. The number of aldehydes is 1. The molecule has 0 fully saturated rings. The first-order valence-corrected chi connectivity index (χ1v) is 5.03. The molecule has 0 aliphatic heterocycles. The van der Waals surface area contributed by atoms with Crippen LogP contribution in [0.4, 0.5) is 0 Å². The summed E-state index contributed by atoms with van der Waals surface area (Å²) < 4.78 is 2.77. The second kappa shape index (κ2) is 3.20. The second-order valence-corrected chi connectivity index (χ2v) is 4.09. The standard InChI is InChI=1S/C10H9BrN2O/c1-6-3-10-12-7(2)9(5-14)13(10)4-8(6)11/h3-5H,1-2H3. The zero-order valence-electron chi connectivity index (χ0n) is 7.91. The normalized spacial score (nSPS) is 10.8. The molecule has 0 atom stereocenters. The Kier molecular flexibility index (Phi) is 2.15.